The topological polar surface area (TPSA) is 78.0 Å². The second-order valence-corrected chi connectivity index (χ2v) is 7.12. The number of rotatable bonds is 4. The van der Waals surface area contributed by atoms with Gasteiger partial charge in [-0.15, -0.1) is 0 Å². The number of nitro benzene ring substituents is 1. The van der Waals surface area contributed by atoms with E-state index >= 15 is 0 Å². The van der Waals surface area contributed by atoms with Crippen LogP contribution in [0.4, 0.5) is 5.69 Å². The van der Waals surface area contributed by atoms with E-state index in [-0.39, 0.29) is 11.1 Å². The predicted octanol–water partition coefficient (Wildman–Crippen LogP) is 5.23. The Hall–Kier alpha value is -3.58. The van der Waals surface area contributed by atoms with Crippen LogP contribution in [0.5, 0.6) is 0 Å². The van der Waals surface area contributed by atoms with Gasteiger partial charge in [-0.1, -0.05) is 58.4 Å². The standard InChI is InChI=1S/C22H14BrN3O3/c23-19-7-3-1-5-15(19)9-14-20-18-6-2-4-8-21(27)22(18)25(24-20)16-10-12-17(13-11-16)26(28)29/h1-14H/b14-9-. The van der Waals surface area contributed by atoms with E-state index in [0.29, 0.717) is 22.3 Å². The van der Waals surface area contributed by atoms with Crippen molar-refractivity contribution >= 4 is 44.7 Å². The molecule has 0 bridgehead atoms. The third kappa shape index (κ3) is 3.72. The van der Waals surface area contributed by atoms with Gasteiger partial charge in [-0.05, 0) is 35.9 Å². The first-order valence-electron chi connectivity index (χ1n) is 8.74. The molecule has 4 aromatic rings. The minimum Gasteiger partial charge on any atom is -0.288 e. The van der Waals surface area contributed by atoms with Gasteiger partial charge in [0, 0.05) is 22.0 Å². The number of fused-ring (bicyclic) bond motifs is 1. The van der Waals surface area contributed by atoms with E-state index in [1.807, 2.05) is 42.5 Å². The highest BCUT2D eigenvalue weighted by atomic mass is 79.9. The molecule has 0 aliphatic heterocycles. The lowest BCUT2D eigenvalue weighted by molar-refractivity contribution is -0.384. The summed E-state index contributed by atoms with van der Waals surface area (Å²) in [7, 11) is 0. The molecule has 6 nitrogen and oxygen atoms in total. The highest BCUT2D eigenvalue weighted by molar-refractivity contribution is 9.10. The number of nitro groups is 1. The van der Waals surface area contributed by atoms with Crippen molar-refractivity contribution in [3.8, 4) is 5.69 Å². The van der Waals surface area contributed by atoms with Crippen molar-refractivity contribution < 1.29 is 4.92 Å². The van der Waals surface area contributed by atoms with Gasteiger partial charge in [0.05, 0.1) is 16.3 Å². The summed E-state index contributed by atoms with van der Waals surface area (Å²) in [5, 5.41) is 16.2. The van der Waals surface area contributed by atoms with Crippen LogP contribution in [-0.4, -0.2) is 14.7 Å². The van der Waals surface area contributed by atoms with E-state index in [1.165, 1.54) is 22.9 Å². The Kier molecular flexibility index (Phi) is 5.05. The zero-order valence-electron chi connectivity index (χ0n) is 15.0. The number of non-ortho nitro benzene ring substituents is 1. The molecule has 0 spiro atoms. The summed E-state index contributed by atoms with van der Waals surface area (Å²) in [6.45, 7) is 0. The number of benzene rings is 2. The first-order chi connectivity index (χ1) is 14.0. The zero-order chi connectivity index (χ0) is 20.4. The Labute approximate surface area is 174 Å². The summed E-state index contributed by atoms with van der Waals surface area (Å²) in [5.41, 5.74) is 2.39. The molecule has 7 heteroatoms. The smallest absolute Gasteiger partial charge is 0.269 e. The van der Waals surface area contributed by atoms with Crippen LogP contribution in [0.1, 0.15) is 11.3 Å². The van der Waals surface area contributed by atoms with Gasteiger partial charge >= 0.3 is 0 Å². The Morgan fingerprint density at radius 3 is 2.34 bits per heavy atom. The molecule has 4 rings (SSSR count). The van der Waals surface area contributed by atoms with Gasteiger partial charge < -0.3 is 0 Å². The second kappa shape index (κ2) is 7.81. The fraction of sp³-hybridized carbons (Fsp3) is 0. The quantitative estimate of drug-likeness (QED) is 0.317. The van der Waals surface area contributed by atoms with Crippen LogP contribution in [0, 0.1) is 10.1 Å². The van der Waals surface area contributed by atoms with Gasteiger partial charge in [0.1, 0.15) is 5.52 Å². The van der Waals surface area contributed by atoms with Crippen molar-refractivity contribution in [3.63, 3.8) is 0 Å². The first-order valence-corrected chi connectivity index (χ1v) is 9.53. The van der Waals surface area contributed by atoms with E-state index < -0.39 is 4.92 Å². The van der Waals surface area contributed by atoms with Crippen molar-refractivity contribution in [3.05, 3.63) is 109 Å². The molecule has 0 amide bonds. The molecule has 0 radical (unpaired) electrons. The second-order valence-electron chi connectivity index (χ2n) is 6.27. The molecule has 0 aliphatic carbocycles. The molecule has 0 aliphatic rings. The molecule has 3 aromatic carbocycles. The highest BCUT2D eigenvalue weighted by Crippen LogP contribution is 2.24. The third-order valence-corrected chi connectivity index (χ3v) is 5.16. The molecule has 142 valence electrons. The van der Waals surface area contributed by atoms with E-state index in [0.717, 1.165) is 10.0 Å². The van der Waals surface area contributed by atoms with E-state index in [4.69, 9.17) is 0 Å². The molecule has 0 atom stereocenters. The predicted molar refractivity (Wildman–Crippen MR) is 117 cm³/mol. The normalized spacial score (nSPS) is 11.2. The summed E-state index contributed by atoms with van der Waals surface area (Å²) in [5.74, 6) is 0. The monoisotopic (exact) mass is 447 g/mol. The molecule has 1 heterocycles. The number of hydrogen-bond acceptors (Lipinski definition) is 4. The number of nitrogens with zero attached hydrogens (tertiary/aromatic N) is 3. The molecule has 1 aromatic heterocycles. The molecule has 0 N–H and O–H groups in total. The lowest BCUT2D eigenvalue weighted by Gasteiger charge is -2.01. The third-order valence-electron chi connectivity index (χ3n) is 4.44. The van der Waals surface area contributed by atoms with Gasteiger partial charge in [-0.25, -0.2) is 4.68 Å². The van der Waals surface area contributed by atoms with Gasteiger partial charge in [0.2, 0.25) is 5.43 Å². The van der Waals surface area contributed by atoms with Crippen LogP contribution >= 0.6 is 15.9 Å². The Morgan fingerprint density at radius 1 is 0.931 bits per heavy atom. The largest absolute Gasteiger partial charge is 0.288 e. The van der Waals surface area contributed by atoms with Crippen molar-refractivity contribution in [1.82, 2.24) is 9.78 Å². The van der Waals surface area contributed by atoms with Gasteiger partial charge in [-0.2, -0.15) is 5.10 Å². The van der Waals surface area contributed by atoms with Crippen molar-refractivity contribution in [2.24, 2.45) is 0 Å². The average molecular weight is 448 g/mol. The number of hydrogen-bond donors (Lipinski definition) is 0. The molecular weight excluding hydrogens is 434 g/mol. The molecule has 0 saturated carbocycles. The fourth-order valence-electron chi connectivity index (χ4n) is 3.03. The zero-order valence-corrected chi connectivity index (χ0v) is 16.6. The SMILES string of the molecule is O=c1ccccc2c(/C=C\c3ccccc3Br)nn(-c3ccc([N+](=O)[O-])cc3)c12. The molecule has 0 saturated heterocycles. The van der Waals surface area contributed by atoms with Crippen LogP contribution in [0.3, 0.4) is 0 Å². The Balaban J connectivity index is 1.90. The summed E-state index contributed by atoms with van der Waals surface area (Å²) in [6.07, 6.45) is 3.77. The summed E-state index contributed by atoms with van der Waals surface area (Å²) in [4.78, 5) is 23.2. The number of halogens is 1. The Morgan fingerprint density at radius 2 is 1.62 bits per heavy atom. The Bertz CT molecular complexity index is 1310. The maximum absolute atomic E-state index is 12.7. The summed E-state index contributed by atoms with van der Waals surface area (Å²) < 4.78 is 2.48. The van der Waals surface area contributed by atoms with Gasteiger partial charge in [-0.3, -0.25) is 14.9 Å². The minimum absolute atomic E-state index is 0.0211. The van der Waals surface area contributed by atoms with Crippen molar-refractivity contribution in [1.29, 1.82) is 0 Å². The fourth-order valence-corrected chi connectivity index (χ4v) is 3.44. The minimum atomic E-state index is -0.462. The summed E-state index contributed by atoms with van der Waals surface area (Å²) in [6, 6.07) is 20.5. The van der Waals surface area contributed by atoms with Gasteiger partial charge in [0.25, 0.3) is 5.69 Å². The lowest BCUT2D eigenvalue weighted by atomic mass is 10.2. The molecule has 0 fully saturated rings. The maximum Gasteiger partial charge on any atom is 0.269 e. The van der Waals surface area contributed by atoms with E-state index in [2.05, 4.69) is 21.0 Å². The molecule has 0 unspecified atom stereocenters. The van der Waals surface area contributed by atoms with Crippen molar-refractivity contribution in [2.75, 3.05) is 0 Å². The highest BCUT2D eigenvalue weighted by Gasteiger charge is 2.13. The van der Waals surface area contributed by atoms with E-state index in [9.17, 15) is 14.9 Å². The number of aromatic nitrogens is 2. The van der Waals surface area contributed by atoms with Crippen LogP contribution in [0.15, 0.2) is 82.1 Å². The van der Waals surface area contributed by atoms with Crippen LogP contribution in [0.25, 0.3) is 28.7 Å². The van der Waals surface area contributed by atoms with Crippen molar-refractivity contribution in [2.45, 2.75) is 0 Å². The maximum atomic E-state index is 12.7. The molecular formula is C22H14BrN3O3. The van der Waals surface area contributed by atoms with Crippen LogP contribution in [0.2, 0.25) is 0 Å². The average Bonchev–Trinajstić information content (AvgIpc) is 2.98. The van der Waals surface area contributed by atoms with Gasteiger partial charge in [0.15, 0.2) is 0 Å². The van der Waals surface area contributed by atoms with Crippen LogP contribution < -0.4 is 5.43 Å². The lowest BCUT2D eigenvalue weighted by Crippen LogP contribution is -2.05. The first kappa shape index (κ1) is 18.8. The molecule has 29 heavy (non-hydrogen) atoms. The van der Waals surface area contributed by atoms with E-state index in [1.54, 1.807) is 24.3 Å². The summed E-state index contributed by atoms with van der Waals surface area (Å²) >= 11 is 3.52. The van der Waals surface area contributed by atoms with Crippen LogP contribution in [-0.2, 0) is 0 Å².